The van der Waals surface area contributed by atoms with Crippen LogP contribution in [0.5, 0.6) is 0 Å². The third-order valence-corrected chi connectivity index (χ3v) is 34.4. The number of nitrogen functional groups attached to an aromatic ring is 6. The van der Waals surface area contributed by atoms with Crippen LogP contribution in [-0.2, 0) is 146 Å². The normalized spacial score (nSPS) is 36.6. The summed E-state index contributed by atoms with van der Waals surface area (Å²) in [5.41, 5.74) is 28.6. The summed E-state index contributed by atoms with van der Waals surface area (Å²) in [5.74, 6) is -1.73. The molecule has 0 aliphatic carbocycles. The molecule has 21 rings (SSSR count). The Morgan fingerprint density at radius 2 is 0.596 bits per heavy atom. The molecular weight excluding hydrogens is 2200 g/mol. The number of alkyl halides is 1. The van der Waals surface area contributed by atoms with Crippen molar-refractivity contribution in [2.75, 3.05) is 74.0 Å². The zero-order valence-electron chi connectivity index (χ0n) is 69.2. The average Bonchev–Trinajstić information content (AvgIpc) is 1.59. The van der Waals surface area contributed by atoms with Crippen LogP contribution in [0.15, 0.2) is 62.1 Å². The molecule has 9 saturated heterocycles. The Morgan fingerprint density at radius 3 is 0.965 bits per heavy atom. The molecule has 6 bridgehead atoms. The summed E-state index contributed by atoms with van der Waals surface area (Å²) in [5, 5.41) is 56.0. The Labute approximate surface area is 815 Å². The Balaban J connectivity index is 0.000000134. The lowest BCUT2D eigenvalue weighted by Crippen LogP contribution is -2.37. The van der Waals surface area contributed by atoms with Crippen molar-refractivity contribution in [3.05, 3.63) is 110 Å². The number of nitrogens with zero attached hydrogens (tertiary/aromatic N) is 15. The van der Waals surface area contributed by atoms with Crippen LogP contribution in [0.1, 0.15) is 37.4 Å². The van der Waals surface area contributed by atoms with E-state index in [4.69, 9.17) is 176 Å². The van der Waals surface area contributed by atoms with Crippen molar-refractivity contribution in [3.63, 3.8) is 0 Å². The van der Waals surface area contributed by atoms with E-state index in [-0.39, 0.29) is 100 Å². The standard InChI is InChI=1S/C20H22FN9O12P2S3.2C20H23N9O13P2S3/c21-6-9-5(40-16(6)29-3-24-7-12(29)25-18(22)27-14(7)32)2-38-44(36,46)42-10-8(31)4(1-37-43(35,45)41-9)39-17(10)30-13-11(47-20(30)34)15(33)28-19(23)26-13;21-18-24-12-6(14(32)26-18)23-3-28(12)17-10-7(30)4(39-17)1-37-43(35,45)41-9-5(2-38-44(36,46)42-10)40-16(8(9)31)29-13-11(47-20(29)34)15(33)27-19(22)25-13;21-18-24-12-6(14(32)26-18)23-3-28(12)16-8(31)9-5(40-16)2-38-44(36,46)42-10-7(30)4(1-37-43(35,45)41-9)39-17(10)29-13-11(47-20(29)34)15(33)27-19(22)25-13/h3-6,8-10,16-17,31H,1-2H2,(H,35,45)(H,36,46)(H3,22,25,27,32)(H3,23,26,28,33);2*3-5,7-10,16-17,30-31H,1-2H2,(H,35,45)(H,36,46)(H3,21,24,26,32)(H3,22,25,27,33)/t4-,5-,6-,8-,9-,10-,16-,17-,43?,44?;2*4-,5-,7-,8-,9-,10-,16-,17-,43?,44?/m111/s1. The second-order valence-corrected chi connectivity index (χ2v) is 50.9. The van der Waals surface area contributed by atoms with Gasteiger partial charge in [-0.25, -0.2) is 23.9 Å². The van der Waals surface area contributed by atoms with E-state index in [1.807, 2.05) is 0 Å². The van der Waals surface area contributed by atoms with E-state index < -0.39 is 275 Å². The van der Waals surface area contributed by atoms with Crippen molar-refractivity contribution in [2.24, 2.45) is 0 Å². The number of imidazole rings is 3. The lowest BCUT2D eigenvalue weighted by Gasteiger charge is -2.28. The molecule has 30 atom stereocenters. The fraction of sp³-hybridized carbons (Fsp3) is 0.500. The summed E-state index contributed by atoms with van der Waals surface area (Å²) < 4.78 is 137. The zero-order chi connectivity index (χ0) is 101. The monoisotopic (exact) mass is 2270 g/mol. The molecule has 28 N–H and O–H groups in total. The van der Waals surface area contributed by atoms with E-state index in [1.54, 1.807) is 0 Å². The van der Waals surface area contributed by atoms with Gasteiger partial charge in [-0.05, 0) is 59.0 Å². The Morgan fingerprint density at radius 1 is 0.340 bits per heavy atom. The molecule has 0 saturated carbocycles. The number of aliphatic hydroxyl groups is 5. The number of aromatic amines is 6. The molecule has 0 radical (unpaired) electrons. The molecule has 0 spiro atoms. The quantitative estimate of drug-likeness (QED) is 0.0544. The molecule has 9 aliphatic heterocycles. The lowest BCUT2D eigenvalue weighted by atomic mass is 10.1. The third-order valence-electron chi connectivity index (χ3n) is 22.2. The molecule has 9 fully saturated rings. The van der Waals surface area contributed by atoms with E-state index in [0.29, 0.717) is 34.0 Å². The minimum absolute atomic E-state index is 0.0523. The Kier molecular flexibility index (Phi) is 27.6. The summed E-state index contributed by atoms with van der Waals surface area (Å²) in [6, 6.07) is 0. The number of thiazole rings is 3. The fourth-order valence-electron chi connectivity index (χ4n) is 16.1. The molecule has 81 heteroatoms. The number of thiol groups is 1. The smallest absolute Gasteiger partial charge is 0.386 e. The molecule has 6 unspecified atom stereocenters. The maximum atomic E-state index is 16.1. The number of fused-ring (bicyclic) bond motifs is 15. The van der Waals surface area contributed by atoms with E-state index >= 15 is 4.39 Å². The van der Waals surface area contributed by atoms with Gasteiger partial charge in [-0.15, -0.1) is 0 Å². The van der Waals surface area contributed by atoms with Crippen molar-refractivity contribution in [1.82, 2.24) is 102 Å². The largest absolute Gasteiger partial charge is 0.387 e. The van der Waals surface area contributed by atoms with Gasteiger partial charge in [0.25, 0.3) is 33.4 Å². The molecule has 141 heavy (non-hydrogen) atoms. The number of H-pyrrole nitrogens is 6. The van der Waals surface area contributed by atoms with Gasteiger partial charge in [0, 0.05) is 0 Å². The van der Waals surface area contributed by atoms with Gasteiger partial charge in [0.05, 0.1) is 58.6 Å². The van der Waals surface area contributed by atoms with Crippen LogP contribution in [0.4, 0.5) is 40.1 Å². The van der Waals surface area contributed by atoms with Gasteiger partial charge in [-0.2, -0.15) is 29.9 Å². The summed E-state index contributed by atoms with van der Waals surface area (Å²) in [7, 11) is 0. The van der Waals surface area contributed by atoms with E-state index in [1.165, 1.54) is 9.13 Å². The number of nitrogens with one attached hydrogen (secondary N) is 6. The highest BCUT2D eigenvalue weighted by molar-refractivity contribution is 8.44. The average molecular weight is 2270 g/mol. The number of rotatable bonds is 6. The minimum Gasteiger partial charge on any atom is -0.387 e. The van der Waals surface area contributed by atoms with Crippen molar-refractivity contribution >= 4 is 246 Å². The first kappa shape index (κ1) is 102. The summed E-state index contributed by atoms with van der Waals surface area (Å²) >= 11 is 31.4. The second-order valence-electron chi connectivity index (χ2n) is 31.1. The molecular formula is C60H68FN27O38P6S9. The van der Waals surface area contributed by atoms with Crippen LogP contribution >= 0.6 is 86.6 Å². The Bertz CT molecular complexity index is 7660. The maximum absolute atomic E-state index is 16.1. The highest BCUT2D eigenvalue weighted by atomic mass is 32.7. The first-order valence-electron chi connectivity index (χ1n) is 39.7. The van der Waals surface area contributed by atoms with Crippen molar-refractivity contribution in [1.29, 1.82) is 0 Å². The first-order valence-corrected chi connectivity index (χ1v) is 57.8. The van der Waals surface area contributed by atoms with Gasteiger partial charge in [-0.3, -0.25) is 132 Å². The van der Waals surface area contributed by atoms with E-state index in [2.05, 4.69) is 87.0 Å². The van der Waals surface area contributed by atoms with E-state index in [9.17, 15) is 97.7 Å². The molecule has 65 nitrogen and oxygen atoms in total. The predicted molar refractivity (Wildman–Crippen MR) is 497 cm³/mol. The van der Waals surface area contributed by atoms with Gasteiger partial charge >= 0.3 is 55.0 Å². The van der Waals surface area contributed by atoms with Crippen LogP contribution in [0.25, 0.3) is 64.5 Å². The molecule has 0 amide bonds. The number of halogens is 1. The zero-order valence-corrected chi connectivity index (χ0v) is 82.0. The highest BCUT2D eigenvalue weighted by Crippen LogP contribution is 2.61. The van der Waals surface area contributed by atoms with Crippen LogP contribution < -0.4 is 82.4 Å². The third kappa shape index (κ3) is 19.7. The minimum atomic E-state index is -4.47. The number of ether oxygens (including phenoxy) is 6. The van der Waals surface area contributed by atoms with Gasteiger partial charge in [0.2, 0.25) is 35.7 Å². The molecule has 12 aromatic heterocycles. The molecule has 0 aromatic carbocycles. The van der Waals surface area contributed by atoms with Gasteiger partial charge in [0.1, 0.15) is 118 Å². The van der Waals surface area contributed by atoms with E-state index in [0.717, 1.165) is 37.3 Å². The van der Waals surface area contributed by atoms with Crippen LogP contribution in [-0.4, -0.2) is 302 Å². The number of aliphatic hydroxyl groups excluding tert-OH is 5. The van der Waals surface area contributed by atoms with Crippen LogP contribution in [0, 0.1) is 0 Å². The molecule has 762 valence electrons. The number of aromatic nitrogens is 21. The molecule has 9 aliphatic rings. The summed E-state index contributed by atoms with van der Waals surface area (Å²) in [6.45, 7) is -30.2. The topological polar surface area (TPSA) is 936 Å². The SMILES string of the molecule is Nc1nc2c(ncn2[C@@H]2O[C@@H]3COP(O)(=S)O[C@@H]4[C@H](O)[C@@H](COP(O)(=S)O[C@H]3[C@H]2F)O[C@H]4n2c(=O)sc3c(=O)[nH]c(N)nc32)c(=O)[nH]1.Nc1nc2c(ncn2[C@@H]2O[C@@H]3COP(O)(=S)O[C@@H]4[C@H](O)[C@@H](COP(O)(=S)O[C@H]3[C@H]2O)O[C@H]4n2c(=O)sc3c(=O)[nH]c(N)nc32)c(=O)[nH]1.Nc1nc2c(ncn2[C@@H]2O[C@@H]3COP(O)(=S)O[C@H]4[C@@H](O)[C@H](n5c(=O)sc6c(=O)[nH]c(N)nc65)O[C@@H]4COP(=O)(S)O[C@@H]2[C@@H]3O)c(=O)[nH]1. The van der Waals surface area contributed by atoms with Crippen molar-refractivity contribution in [3.8, 4) is 0 Å². The number of anilines is 6. The number of hydrogen-bond donors (Lipinski definition) is 23. The van der Waals surface area contributed by atoms with Crippen molar-refractivity contribution in [2.45, 2.75) is 147 Å². The van der Waals surface area contributed by atoms with Crippen LogP contribution in [0.3, 0.4) is 0 Å². The summed E-state index contributed by atoms with van der Waals surface area (Å²) in [6.07, 6.45) is -34.1. The van der Waals surface area contributed by atoms with Gasteiger partial charge in [0.15, 0.2) is 94.0 Å². The first-order chi connectivity index (χ1) is 66.4. The van der Waals surface area contributed by atoms with Gasteiger partial charge in [-0.1, -0.05) is 46.3 Å². The number of nitrogens with two attached hydrogens (primary N) is 6. The van der Waals surface area contributed by atoms with Crippen LogP contribution in [0.2, 0.25) is 0 Å². The Hall–Kier alpha value is -7.80. The van der Waals surface area contributed by atoms with Gasteiger partial charge < -0.3 is 135 Å². The molecule has 12 aromatic rings. The maximum Gasteiger partial charge on any atom is 0.386 e. The fourth-order valence-corrected chi connectivity index (χ4v) is 27.3. The second kappa shape index (κ2) is 38.2. The lowest BCUT2D eigenvalue weighted by molar-refractivity contribution is -0.0610. The summed E-state index contributed by atoms with van der Waals surface area (Å²) in [4.78, 5) is 216. The van der Waals surface area contributed by atoms with Crippen molar-refractivity contribution < 1.29 is 142 Å². The predicted octanol–water partition coefficient (Wildman–Crippen LogP) is -6.57. The highest BCUT2D eigenvalue weighted by Gasteiger charge is 2.59. The molecule has 21 heterocycles. The number of hydrogen-bond acceptors (Lipinski definition) is 56.